The van der Waals surface area contributed by atoms with Crippen LogP contribution in [0.5, 0.6) is 5.75 Å². The number of aromatic carboxylic acids is 1. The average molecular weight is 284 g/mol. The molecule has 108 valence electrons. The third-order valence-electron chi connectivity index (χ3n) is 2.89. The Bertz CT molecular complexity index is 671. The monoisotopic (exact) mass is 284 g/mol. The number of allylic oxidation sites excluding steroid dienone is 7. The van der Waals surface area contributed by atoms with Crippen LogP contribution in [0, 0.1) is 0 Å². The fourth-order valence-corrected chi connectivity index (χ4v) is 2.02. The molecule has 1 aliphatic rings. The number of carboxylic acids is 1. The molecule has 1 aromatic rings. The predicted octanol–water partition coefficient (Wildman–Crippen LogP) is 3.87. The summed E-state index contributed by atoms with van der Waals surface area (Å²) in [5.74, 6) is 0.266. The number of hydrogen-bond acceptors (Lipinski definition) is 3. The van der Waals surface area contributed by atoms with Crippen LogP contribution in [-0.4, -0.2) is 16.2 Å². The Morgan fingerprint density at radius 3 is 2.48 bits per heavy atom. The van der Waals surface area contributed by atoms with Crippen LogP contribution in [0.15, 0.2) is 59.6 Å². The molecule has 2 rings (SSSR count). The van der Waals surface area contributed by atoms with E-state index in [4.69, 9.17) is 9.84 Å². The molecule has 0 aliphatic carbocycles. The minimum absolute atomic E-state index is 0.109. The van der Waals surface area contributed by atoms with E-state index in [-0.39, 0.29) is 11.3 Å². The van der Waals surface area contributed by atoms with E-state index in [0.717, 1.165) is 17.1 Å². The highest BCUT2D eigenvalue weighted by molar-refractivity contribution is 5.91. The summed E-state index contributed by atoms with van der Waals surface area (Å²) >= 11 is 0. The number of ether oxygens (including phenoxy) is 1. The lowest BCUT2D eigenvalue weighted by molar-refractivity contribution is 0.0693. The van der Waals surface area contributed by atoms with Crippen LogP contribution in [0.2, 0.25) is 0 Å². The third kappa shape index (κ3) is 3.86. The van der Waals surface area contributed by atoms with E-state index in [2.05, 4.69) is 0 Å². The van der Waals surface area contributed by atoms with Crippen LogP contribution in [0.25, 0.3) is 6.08 Å². The smallest absolute Gasteiger partial charge is 0.339 e. The molecule has 1 aromatic carbocycles. The second kappa shape index (κ2) is 6.13. The maximum absolute atomic E-state index is 10.9. The van der Waals surface area contributed by atoms with Crippen molar-refractivity contribution >= 4 is 12.0 Å². The van der Waals surface area contributed by atoms with Gasteiger partial charge in [-0.2, -0.15) is 0 Å². The van der Waals surface area contributed by atoms with Crippen molar-refractivity contribution in [3.05, 3.63) is 70.7 Å². The standard InChI is InChI=1S/C17H16O4/c1-11-8-14(9-12(2)21-11)5-3-4-13-6-7-16(18)15(10-13)17(19)20/h3-10,18H,1-2H3,(H,19,20). The number of aromatic hydroxyl groups is 1. The zero-order valence-corrected chi connectivity index (χ0v) is 11.8. The molecule has 0 aromatic heterocycles. The normalized spacial score (nSPS) is 14.5. The molecule has 0 atom stereocenters. The van der Waals surface area contributed by atoms with Gasteiger partial charge in [0, 0.05) is 0 Å². The Kier molecular flexibility index (Phi) is 4.28. The van der Waals surface area contributed by atoms with E-state index in [9.17, 15) is 9.90 Å². The molecular formula is C17H16O4. The van der Waals surface area contributed by atoms with Gasteiger partial charge in [-0.25, -0.2) is 4.79 Å². The molecule has 2 N–H and O–H groups in total. The lowest BCUT2D eigenvalue weighted by Gasteiger charge is -2.11. The highest BCUT2D eigenvalue weighted by atomic mass is 16.5. The molecule has 0 bridgehead atoms. The third-order valence-corrected chi connectivity index (χ3v) is 2.89. The molecule has 0 amide bonds. The molecule has 0 saturated carbocycles. The molecule has 21 heavy (non-hydrogen) atoms. The van der Waals surface area contributed by atoms with Gasteiger partial charge in [0.05, 0.1) is 0 Å². The topological polar surface area (TPSA) is 66.8 Å². The lowest BCUT2D eigenvalue weighted by atomic mass is 10.1. The van der Waals surface area contributed by atoms with Crippen molar-refractivity contribution < 1.29 is 19.7 Å². The molecule has 0 unspecified atom stereocenters. The number of carboxylic acid groups (broad SMARTS) is 1. The summed E-state index contributed by atoms with van der Waals surface area (Å²) in [6.07, 6.45) is 9.34. The van der Waals surface area contributed by atoms with Crippen molar-refractivity contribution in [2.24, 2.45) is 0 Å². The van der Waals surface area contributed by atoms with E-state index >= 15 is 0 Å². The summed E-state index contributed by atoms with van der Waals surface area (Å²) in [6.45, 7) is 3.76. The molecule has 1 aliphatic heterocycles. The van der Waals surface area contributed by atoms with Crippen molar-refractivity contribution in [1.82, 2.24) is 0 Å². The van der Waals surface area contributed by atoms with Gasteiger partial charge in [-0.1, -0.05) is 24.3 Å². The van der Waals surface area contributed by atoms with E-state index in [1.807, 2.05) is 38.2 Å². The van der Waals surface area contributed by atoms with Crippen molar-refractivity contribution in [2.75, 3.05) is 0 Å². The second-order valence-electron chi connectivity index (χ2n) is 4.72. The molecule has 1 heterocycles. The van der Waals surface area contributed by atoms with Gasteiger partial charge in [-0.05, 0) is 49.3 Å². The van der Waals surface area contributed by atoms with E-state index in [1.165, 1.54) is 12.1 Å². The summed E-state index contributed by atoms with van der Waals surface area (Å²) in [6, 6.07) is 4.46. The number of phenols is 1. The Hall–Kier alpha value is -2.75. The molecule has 0 radical (unpaired) electrons. The lowest BCUT2D eigenvalue weighted by Crippen LogP contribution is -1.96. The maximum atomic E-state index is 10.9. The Labute approximate surface area is 123 Å². The SMILES string of the molecule is CC1=CC(=CC=Cc2ccc(O)c(C(=O)O)c2)C=C(C)O1. The van der Waals surface area contributed by atoms with Crippen molar-refractivity contribution in [3.63, 3.8) is 0 Å². The van der Waals surface area contributed by atoms with Crippen LogP contribution in [0.1, 0.15) is 29.8 Å². The van der Waals surface area contributed by atoms with Crippen LogP contribution in [0.4, 0.5) is 0 Å². The van der Waals surface area contributed by atoms with Crippen molar-refractivity contribution in [3.8, 4) is 5.75 Å². The first-order valence-corrected chi connectivity index (χ1v) is 6.45. The number of carbonyl (C=O) groups is 1. The number of rotatable bonds is 3. The Morgan fingerprint density at radius 1 is 1.19 bits per heavy atom. The summed E-state index contributed by atoms with van der Waals surface area (Å²) in [4.78, 5) is 10.9. The molecule has 0 saturated heterocycles. The Morgan fingerprint density at radius 2 is 1.86 bits per heavy atom. The highest BCUT2D eigenvalue weighted by Crippen LogP contribution is 2.20. The maximum Gasteiger partial charge on any atom is 0.339 e. The van der Waals surface area contributed by atoms with Crippen molar-refractivity contribution in [1.29, 1.82) is 0 Å². The van der Waals surface area contributed by atoms with E-state index in [0.29, 0.717) is 5.56 Å². The van der Waals surface area contributed by atoms with E-state index < -0.39 is 5.97 Å². The summed E-state index contributed by atoms with van der Waals surface area (Å²) in [5, 5.41) is 18.4. The van der Waals surface area contributed by atoms with Gasteiger partial charge < -0.3 is 14.9 Å². The quantitative estimate of drug-likeness (QED) is 0.884. The molecule has 4 heteroatoms. The first kappa shape index (κ1) is 14.7. The van der Waals surface area contributed by atoms with Gasteiger partial charge >= 0.3 is 5.97 Å². The largest absolute Gasteiger partial charge is 0.507 e. The average Bonchev–Trinajstić information content (AvgIpc) is 2.39. The predicted molar refractivity (Wildman–Crippen MR) is 80.8 cm³/mol. The fourth-order valence-electron chi connectivity index (χ4n) is 2.02. The number of benzene rings is 1. The summed E-state index contributed by atoms with van der Waals surface area (Å²) < 4.78 is 5.40. The number of hydrogen-bond donors (Lipinski definition) is 2. The van der Waals surface area contributed by atoms with Crippen LogP contribution < -0.4 is 0 Å². The summed E-state index contributed by atoms with van der Waals surface area (Å²) in [7, 11) is 0. The van der Waals surface area contributed by atoms with Gasteiger partial charge in [0.2, 0.25) is 0 Å². The molecular weight excluding hydrogens is 268 g/mol. The van der Waals surface area contributed by atoms with E-state index in [1.54, 1.807) is 12.1 Å². The molecule has 0 spiro atoms. The van der Waals surface area contributed by atoms with Gasteiger partial charge in [-0.15, -0.1) is 0 Å². The summed E-state index contributed by atoms with van der Waals surface area (Å²) in [5.41, 5.74) is 1.60. The Balaban J connectivity index is 2.21. The van der Waals surface area contributed by atoms with Gasteiger partial charge in [-0.3, -0.25) is 0 Å². The minimum atomic E-state index is -1.15. The van der Waals surface area contributed by atoms with Gasteiger partial charge in [0.25, 0.3) is 0 Å². The van der Waals surface area contributed by atoms with Crippen molar-refractivity contribution in [2.45, 2.75) is 13.8 Å². The highest BCUT2D eigenvalue weighted by Gasteiger charge is 2.08. The molecule has 4 nitrogen and oxygen atoms in total. The molecule has 0 fully saturated rings. The van der Waals surface area contributed by atoms with Gasteiger partial charge in [0.1, 0.15) is 22.8 Å². The zero-order valence-electron chi connectivity index (χ0n) is 11.8. The van der Waals surface area contributed by atoms with Crippen LogP contribution >= 0.6 is 0 Å². The first-order chi connectivity index (χ1) is 9.95. The first-order valence-electron chi connectivity index (χ1n) is 6.45. The minimum Gasteiger partial charge on any atom is -0.507 e. The van der Waals surface area contributed by atoms with Gasteiger partial charge in [0.15, 0.2) is 0 Å². The zero-order chi connectivity index (χ0) is 15.4. The van der Waals surface area contributed by atoms with Crippen LogP contribution in [0.3, 0.4) is 0 Å². The fraction of sp³-hybridized carbons (Fsp3) is 0.118. The second-order valence-corrected chi connectivity index (χ2v) is 4.72. The van der Waals surface area contributed by atoms with Crippen LogP contribution in [-0.2, 0) is 4.74 Å².